The van der Waals surface area contributed by atoms with Crippen molar-refractivity contribution in [3.8, 4) is 0 Å². The van der Waals surface area contributed by atoms with Gasteiger partial charge in [-0.2, -0.15) is 0 Å². The summed E-state index contributed by atoms with van der Waals surface area (Å²) in [5, 5.41) is 0. The third-order valence-electron chi connectivity index (χ3n) is 5.68. The zero-order chi connectivity index (χ0) is 17.3. The second-order valence-corrected chi connectivity index (χ2v) is 7.64. The van der Waals surface area contributed by atoms with E-state index < -0.39 is 0 Å². The number of likely N-dealkylation sites (tertiary alicyclic amines) is 1. The number of rotatable bonds is 5. The first-order valence-electron chi connectivity index (χ1n) is 9.64. The Hall–Kier alpha value is -2.12. The van der Waals surface area contributed by atoms with Crippen LogP contribution in [-0.4, -0.2) is 75.0 Å². The van der Waals surface area contributed by atoms with Gasteiger partial charge in [0.05, 0.1) is 0 Å². The van der Waals surface area contributed by atoms with Crippen LogP contribution < -0.4 is 4.90 Å². The summed E-state index contributed by atoms with van der Waals surface area (Å²) in [5.41, 5.74) is 1.24. The van der Waals surface area contributed by atoms with Gasteiger partial charge in [-0.05, 0) is 18.9 Å². The maximum Gasteiger partial charge on any atom is 0.225 e. The van der Waals surface area contributed by atoms with Gasteiger partial charge < -0.3 is 4.90 Å². The van der Waals surface area contributed by atoms with E-state index in [1.165, 1.54) is 18.4 Å². The van der Waals surface area contributed by atoms with Gasteiger partial charge in [-0.15, -0.1) is 0 Å². The number of hydrogen-bond donors (Lipinski definition) is 0. The summed E-state index contributed by atoms with van der Waals surface area (Å²) in [5.74, 6) is 2.53. The van der Waals surface area contributed by atoms with Gasteiger partial charge in [0.25, 0.3) is 0 Å². The van der Waals surface area contributed by atoms with Crippen LogP contribution in [0.3, 0.4) is 0 Å². The molecule has 136 valence electrons. The van der Waals surface area contributed by atoms with Crippen LogP contribution >= 0.6 is 0 Å². The highest BCUT2D eigenvalue weighted by molar-refractivity contribution is 5.29. The molecule has 0 atom stereocenters. The summed E-state index contributed by atoms with van der Waals surface area (Å²) in [6.45, 7) is 7.47. The molecule has 2 aromatic rings. The van der Waals surface area contributed by atoms with Crippen molar-refractivity contribution in [1.29, 1.82) is 0 Å². The van der Waals surface area contributed by atoms with E-state index in [9.17, 15) is 0 Å². The van der Waals surface area contributed by atoms with Gasteiger partial charge in [-0.25, -0.2) is 19.9 Å². The monoisotopic (exact) mass is 351 g/mol. The number of anilines is 1. The number of hydrogen-bond acceptors (Lipinski definition) is 7. The highest BCUT2D eigenvalue weighted by atomic mass is 15.4. The van der Waals surface area contributed by atoms with Crippen molar-refractivity contribution in [2.75, 3.05) is 44.2 Å². The molecule has 0 bridgehead atoms. The highest BCUT2D eigenvalue weighted by Crippen LogP contribution is 2.37. The van der Waals surface area contributed by atoms with Crippen LogP contribution in [0.2, 0.25) is 0 Å². The van der Waals surface area contributed by atoms with Crippen molar-refractivity contribution in [2.24, 2.45) is 0 Å². The molecule has 0 unspecified atom stereocenters. The molecule has 7 nitrogen and oxygen atoms in total. The number of aromatic nitrogens is 4. The molecule has 2 saturated heterocycles. The van der Waals surface area contributed by atoms with Crippen LogP contribution in [0, 0.1) is 0 Å². The van der Waals surface area contributed by atoms with Crippen LogP contribution in [0.25, 0.3) is 0 Å². The molecule has 3 aliphatic rings. The molecule has 5 rings (SSSR count). The third kappa shape index (κ3) is 3.41. The van der Waals surface area contributed by atoms with Gasteiger partial charge in [-0.3, -0.25) is 9.80 Å². The van der Waals surface area contributed by atoms with E-state index in [4.69, 9.17) is 0 Å². The second kappa shape index (κ2) is 6.89. The minimum atomic E-state index is 0.636. The maximum atomic E-state index is 4.53. The Morgan fingerprint density at radius 3 is 2.23 bits per heavy atom. The molecule has 0 N–H and O–H groups in total. The fraction of sp³-hybridized carbons (Fsp3) is 0.579. The first kappa shape index (κ1) is 16.1. The average molecular weight is 351 g/mol. The Morgan fingerprint density at radius 2 is 1.58 bits per heavy atom. The minimum Gasteiger partial charge on any atom is -0.338 e. The fourth-order valence-corrected chi connectivity index (χ4v) is 3.90. The second-order valence-electron chi connectivity index (χ2n) is 7.64. The zero-order valence-electron chi connectivity index (χ0n) is 15.0. The van der Waals surface area contributed by atoms with Gasteiger partial charge in [0.2, 0.25) is 5.95 Å². The van der Waals surface area contributed by atoms with Gasteiger partial charge in [0.15, 0.2) is 0 Å². The van der Waals surface area contributed by atoms with E-state index in [1.54, 1.807) is 0 Å². The third-order valence-corrected chi connectivity index (χ3v) is 5.68. The Bertz CT molecular complexity index is 717. The minimum absolute atomic E-state index is 0.636. The molecule has 0 aromatic carbocycles. The van der Waals surface area contributed by atoms with Gasteiger partial charge in [-0.1, -0.05) is 0 Å². The van der Waals surface area contributed by atoms with Crippen LogP contribution in [0.5, 0.6) is 0 Å². The van der Waals surface area contributed by atoms with E-state index in [-0.39, 0.29) is 0 Å². The first-order chi connectivity index (χ1) is 12.8. The molecular weight excluding hydrogens is 326 g/mol. The molecule has 0 amide bonds. The standard InChI is InChI=1S/C19H25N7/c1-4-20-19(21-5-1)26-8-6-25(7-9-26)17-13-24(14-17)12-15-10-22-18(23-11-15)16-2-3-16/h1,4-5,10-11,16-17H,2-3,6-9,12-14H2. The molecule has 1 saturated carbocycles. The summed E-state index contributed by atoms with van der Waals surface area (Å²) in [4.78, 5) is 25.2. The number of nitrogens with zero attached hydrogens (tertiary/aromatic N) is 7. The van der Waals surface area contributed by atoms with E-state index >= 15 is 0 Å². The van der Waals surface area contributed by atoms with Gasteiger partial charge in [0.1, 0.15) is 5.82 Å². The largest absolute Gasteiger partial charge is 0.338 e. The summed E-state index contributed by atoms with van der Waals surface area (Å²) in [6, 6.07) is 2.55. The summed E-state index contributed by atoms with van der Waals surface area (Å²) < 4.78 is 0. The maximum absolute atomic E-state index is 4.53. The van der Waals surface area contributed by atoms with E-state index in [0.717, 1.165) is 57.6 Å². The lowest BCUT2D eigenvalue weighted by molar-refractivity contribution is 0.0253. The molecule has 7 heteroatoms. The van der Waals surface area contributed by atoms with Crippen LogP contribution in [0.15, 0.2) is 30.9 Å². The van der Waals surface area contributed by atoms with Crippen molar-refractivity contribution in [3.63, 3.8) is 0 Å². The summed E-state index contributed by atoms with van der Waals surface area (Å²) in [7, 11) is 0. The van der Waals surface area contributed by atoms with Crippen molar-refractivity contribution in [2.45, 2.75) is 31.3 Å². The topological polar surface area (TPSA) is 61.3 Å². The lowest BCUT2D eigenvalue weighted by atomic mass is 10.1. The van der Waals surface area contributed by atoms with Gasteiger partial charge >= 0.3 is 0 Å². The zero-order valence-corrected chi connectivity index (χ0v) is 15.0. The summed E-state index contributed by atoms with van der Waals surface area (Å²) >= 11 is 0. The molecule has 0 spiro atoms. The van der Waals surface area contributed by atoms with Crippen molar-refractivity contribution >= 4 is 5.95 Å². The predicted octanol–water partition coefficient (Wildman–Crippen LogP) is 1.15. The Morgan fingerprint density at radius 1 is 0.885 bits per heavy atom. The van der Waals surface area contributed by atoms with E-state index in [0.29, 0.717) is 12.0 Å². The molecular formula is C19H25N7. The molecule has 3 fully saturated rings. The predicted molar refractivity (Wildman–Crippen MR) is 98.9 cm³/mol. The molecule has 4 heterocycles. The SMILES string of the molecule is c1cnc(N2CCN(C3CN(Cc4cnc(C5CC5)nc4)C3)CC2)nc1. The lowest BCUT2D eigenvalue weighted by Gasteiger charge is -2.48. The van der Waals surface area contributed by atoms with Crippen molar-refractivity contribution < 1.29 is 0 Å². The van der Waals surface area contributed by atoms with E-state index in [2.05, 4.69) is 34.6 Å². The highest BCUT2D eigenvalue weighted by Gasteiger charge is 2.34. The number of piperazine rings is 1. The molecule has 0 radical (unpaired) electrons. The van der Waals surface area contributed by atoms with Gasteiger partial charge in [0, 0.05) is 88.1 Å². The molecule has 1 aliphatic carbocycles. The van der Waals surface area contributed by atoms with Crippen molar-refractivity contribution in [3.05, 3.63) is 42.2 Å². The molecule has 2 aliphatic heterocycles. The van der Waals surface area contributed by atoms with Crippen molar-refractivity contribution in [1.82, 2.24) is 29.7 Å². The van der Waals surface area contributed by atoms with E-state index in [1.807, 2.05) is 30.9 Å². The fourth-order valence-electron chi connectivity index (χ4n) is 3.90. The quantitative estimate of drug-likeness (QED) is 0.801. The normalized spacial score (nSPS) is 22.4. The smallest absolute Gasteiger partial charge is 0.225 e. The van der Waals surface area contributed by atoms with Crippen LogP contribution in [0.4, 0.5) is 5.95 Å². The summed E-state index contributed by atoms with van der Waals surface area (Å²) in [6.07, 6.45) is 10.2. The Kier molecular flexibility index (Phi) is 4.26. The van der Waals surface area contributed by atoms with Crippen LogP contribution in [-0.2, 0) is 6.54 Å². The Labute approximate surface area is 154 Å². The average Bonchev–Trinajstić information content (AvgIpc) is 3.51. The Balaban J connectivity index is 1.07. The van der Waals surface area contributed by atoms with Crippen LogP contribution in [0.1, 0.15) is 30.1 Å². The first-order valence-corrected chi connectivity index (χ1v) is 9.64. The molecule has 2 aromatic heterocycles. The lowest BCUT2D eigenvalue weighted by Crippen LogP contribution is -2.62. The molecule has 26 heavy (non-hydrogen) atoms.